The maximum absolute atomic E-state index is 11.6. The van der Waals surface area contributed by atoms with Crippen LogP contribution in [0.25, 0.3) is 38.9 Å². The highest BCUT2D eigenvalue weighted by molar-refractivity contribution is 6.33. The van der Waals surface area contributed by atoms with Crippen LogP contribution in [0.5, 0.6) is 0 Å². The predicted molar refractivity (Wildman–Crippen MR) is 121 cm³/mol. The van der Waals surface area contributed by atoms with Gasteiger partial charge in [0, 0.05) is 47.7 Å². The van der Waals surface area contributed by atoms with E-state index < -0.39 is 0 Å². The average molecular weight is 425 g/mol. The summed E-state index contributed by atoms with van der Waals surface area (Å²) in [5, 5.41) is 1.45. The van der Waals surface area contributed by atoms with Crippen LogP contribution in [-0.2, 0) is 4.79 Å². The number of carbonyl (C=O) groups is 1. The van der Waals surface area contributed by atoms with E-state index >= 15 is 0 Å². The molecule has 5 nitrogen and oxygen atoms in total. The molecule has 0 saturated heterocycles. The van der Waals surface area contributed by atoms with Crippen LogP contribution in [-0.4, -0.2) is 25.1 Å². The van der Waals surface area contributed by atoms with Gasteiger partial charge in [-0.3, -0.25) is 9.20 Å². The molecule has 1 aliphatic carbocycles. The Hall–Kier alpha value is -3.57. The Labute approximate surface area is 183 Å². The molecule has 6 rings (SSSR count). The topological polar surface area (TPSA) is 60.2 Å². The molecule has 3 heterocycles. The number of imidazole rings is 1. The third-order valence-electron chi connectivity index (χ3n) is 5.89. The smallest absolute Gasteiger partial charge is 0.155 e. The van der Waals surface area contributed by atoms with Gasteiger partial charge in [-0.1, -0.05) is 60.1 Å². The molecule has 1 saturated carbocycles. The number of hydrogen-bond acceptors (Lipinski definition) is 4. The minimum atomic E-state index is 0.121. The Bertz CT molecular complexity index is 1470. The number of aromatic nitrogens is 4. The Kier molecular flexibility index (Phi) is 4.11. The molecule has 150 valence electrons. The van der Waals surface area contributed by atoms with Gasteiger partial charge in [0.1, 0.15) is 17.1 Å². The van der Waals surface area contributed by atoms with Gasteiger partial charge in [0.25, 0.3) is 0 Å². The first-order valence-corrected chi connectivity index (χ1v) is 10.6. The van der Waals surface area contributed by atoms with E-state index in [9.17, 15) is 4.79 Å². The lowest BCUT2D eigenvalue weighted by molar-refractivity contribution is -0.124. The number of benzene rings is 2. The fourth-order valence-corrected chi connectivity index (χ4v) is 4.46. The van der Waals surface area contributed by atoms with E-state index in [0.29, 0.717) is 18.0 Å². The molecule has 5 aromatic rings. The summed E-state index contributed by atoms with van der Waals surface area (Å²) in [4.78, 5) is 25.6. The van der Waals surface area contributed by atoms with Crippen LogP contribution in [0, 0.1) is 0 Å². The Balaban J connectivity index is 1.52. The van der Waals surface area contributed by atoms with E-state index in [1.807, 2.05) is 47.0 Å². The van der Waals surface area contributed by atoms with Gasteiger partial charge in [-0.25, -0.2) is 15.0 Å². The molecule has 0 radical (unpaired) electrons. The molecule has 31 heavy (non-hydrogen) atoms. The summed E-state index contributed by atoms with van der Waals surface area (Å²) in [6, 6.07) is 20.4. The van der Waals surface area contributed by atoms with E-state index in [-0.39, 0.29) is 11.7 Å². The summed E-state index contributed by atoms with van der Waals surface area (Å²) in [5.74, 6) is 1.25. The van der Waals surface area contributed by atoms with Crippen LogP contribution in [0.2, 0.25) is 5.15 Å². The second-order valence-electron chi connectivity index (χ2n) is 7.87. The third kappa shape index (κ3) is 3.01. The van der Waals surface area contributed by atoms with Gasteiger partial charge < -0.3 is 0 Å². The largest absolute Gasteiger partial charge is 0.300 e. The summed E-state index contributed by atoms with van der Waals surface area (Å²) >= 11 is 6.49. The maximum Gasteiger partial charge on any atom is 0.155 e. The van der Waals surface area contributed by atoms with Gasteiger partial charge >= 0.3 is 0 Å². The highest BCUT2D eigenvalue weighted by Crippen LogP contribution is 2.38. The zero-order valence-electron chi connectivity index (χ0n) is 16.5. The van der Waals surface area contributed by atoms with Gasteiger partial charge in [0.2, 0.25) is 0 Å². The molecule has 0 amide bonds. The third-order valence-corrected chi connectivity index (χ3v) is 6.16. The summed E-state index contributed by atoms with van der Waals surface area (Å²) in [5.41, 5.74) is 5.34. The number of hydrogen-bond donors (Lipinski definition) is 0. The molecule has 0 spiro atoms. The van der Waals surface area contributed by atoms with Crippen molar-refractivity contribution in [1.29, 1.82) is 0 Å². The molecule has 1 fully saturated rings. The van der Waals surface area contributed by atoms with Crippen molar-refractivity contribution in [3.05, 3.63) is 84.0 Å². The second kappa shape index (κ2) is 7.00. The number of fused-ring (bicyclic) bond motifs is 2. The van der Waals surface area contributed by atoms with Crippen LogP contribution in [0.4, 0.5) is 0 Å². The molecule has 6 heteroatoms. The van der Waals surface area contributed by atoms with E-state index in [4.69, 9.17) is 21.6 Å². The Morgan fingerprint density at radius 1 is 0.935 bits per heavy atom. The van der Waals surface area contributed by atoms with Gasteiger partial charge in [0.05, 0.1) is 16.9 Å². The van der Waals surface area contributed by atoms with Gasteiger partial charge in [0.15, 0.2) is 5.15 Å². The number of ketones is 1. The number of Topliss-reactive ketones (excluding diaryl/α,β-unsaturated/α-hetero) is 1. The summed E-state index contributed by atoms with van der Waals surface area (Å²) in [6.45, 7) is 0. The van der Waals surface area contributed by atoms with Gasteiger partial charge in [-0.15, -0.1) is 0 Å². The molecule has 0 atom stereocenters. The van der Waals surface area contributed by atoms with Crippen molar-refractivity contribution in [3.63, 3.8) is 0 Å². The van der Waals surface area contributed by atoms with Crippen LogP contribution < -0.4 is 0 Å². The van der Waals surface area contributed by atoms with Crippen molar-refractivity contribution >= 4 is 33.8 Å². The lowest BCUT2D eigenvalue weighted by Gasteiger charge is -2.22. The van der Waals surface area contributed by atoms with Crippen LogP contribution >= 0.6 is 11.6 Å². The standard InChI is InChI=1S/C25H17ClN4O/c26-24-23-22(29-25(18-12-19(31)13-18)30(23)11-10-27-24)17-7-6-16-8-9-20(28-21(16)14-17)15-4-2-1-3-5-15/h1-11,14,18H,12-13H2. The Morgan fingerprint density at radius 3 is 2.55 bits per heavy atom. The average Bonchev–Trinajstić information content (AvgIpc) is 3.17. The van der Waals surface area contributed by atoms with Gasteiger partial charge in [-0.2, -0.15) is 0 Å². The number of nitrogens with zero attached hydrogens (tertiary/aromatic N) is 4. The van der Waals surface area contributed by atoms with Crippen LogP contribution in [0.15, 0.2) is 73.1 Å². The van der Waals surface area contributed by atoms with E-state index in [2.05, 4.69) is 29.2 Å². The summed E-state index contributed by atoms with van der Waals surface area (Å²) in [6.07, 6.45) is 4.58. The summed E-state index contributed by atoms with van der Waals surface area (Å²) in [7, 11) is 0. The number of carbonyl (C=O) groups excluding carboxylic acids is 1. The van der Waals surface area contributed by atoms with Gasteiger partial charge in [-0.05, 0) is 12.1 Å². The zero-order valence-corrected chi connectivity index (χ0v) is 17.3. The normalized spacial score (nSPS) is 14.3. The first kappa shape index (κ1) is 18.2. The van der Waals surface area contributed by atoms with Crippen molar-refractivity contribution in [1.82, 2.24) is 19.4 Å². The first-order valence-electron chi connectivity index (χ1n) is 10.2. The van der Waals surface area contributed by atoms with Crippen molar-refractivity contribution in [2.75, 3.05) is 0 Å². The van der Waals surface area contributed by atoms with Crippen molar-refractivity contribution < 1.29 is 4.79 Å². The fourth-order valence-electron chi connectivity index (χ4n) is 4.22. The highest BCUT2D eigenvalue weighted by atomic mass is 35.5. The van der Waals surface area contributed by atoms with Crippen LogP contribution in [0.1, 0.15) is 24.6 Å². The molecule has 3 aromatic heterocycles. The summed E-state index contributed by atoms with van der Waals surface area (Å²) < 4.78 is 1.97. The van der Waals surface area contributed by atoms with Crippen LogP contribution in [0.3, 0.4) is 0 Å². The molecule has 0 bridgehead atoms. The predicted octanol–water partition coefficient (Wildman–Crippen LogP) is 5.71. The molecular formula is C25H17ClN4O. The lowest BCUT2D eigenvalue weighted by atomic mass is 9.83. The first-order chi connectivity index (χ1) is 15.2. The fraction of sp³-hybridized carbons (Fsp3) is 0.120. The number of halogens is 1. The van der Waals surface area contributed by atoms with Crippen molar-refractivity contribution in [2.24, 2.45) is 0 Å². The second-order valence-corrected chi connectivity index (χ2v) is 8.23. The lowest BCUT2D eigenvalue weighted by Crippen LogP contribution is -2.23. The quantitative estimate of drug-likeness (QED) is 0.372. The number of pyridine rings is 1. The monoisotopic (exact) mass is 424 g/mol. The minimum absolute atomic E-state index is 0.121. The van der Waals surface area contributed by atoms with Crippen molar-refractivity contribution in [3.8, 4) is 22.5 Å². The van der Waals surface area contributed by atoms with E-state index in [1.165, 1.54) is 0 Å². The number of rotatable bonds is 3. The van der Waals surface area contributed by atoms with Crippen molar-refractivity contribution in [2.45, 2.75) is 18.8 Å². The highest BCUT2D eigenvalue weighted by Gasteiger charge is 2.32. The van der Waals surface area contributed by atoms with E-state index in [0.717, 1.165) is 44.8 Å². The molecule has 1 aliphatic rings. The zero-order chi connectivity index (χ0) is 20.9. The Morgan fingerprint density at radius 2 is 1.74 bits per heavy atom. The molecule has 0 N–H and O–H groups in total. The molecule has 0 unspecified atom stereocenters. The molecule has 0 aliphatic heterocycles. The maximum atomic E-state index is 11.6. The molecular weight excluding hydrogens is 408 g/mol. The van der Waals surface area contributed by atoms with E-state index in [1.54, 1.807) is 6.20 Å². The molecule has 2 aromatic carbocycles. The minimum Gasteiger partial charge on any atom is -0.300 e. The SMILES string of the molecule is O=C1CC(c2nc(-c3ccc4ccc(-c5ccccc5)nc4c3)c3c(Cl)nccn23)C1.